The SMILES string of the molecule is N#CCC(c1cccc(S(=O)(=O)N2CCSCC2)c1)n1cc(-c2ncnc3[nH]ccc23)cn1. The molecule has 0 saturated carbocycles. The second kappa shape index (κ2) is 8.97. The van der Waals surface area contributed by atoms with Crippen molar-refractivity contribution < 1.29 is 8.42 Å². The minimum absolute atomic E-state index is 0.147. The number of benzene rings is 1. The average molecular weight is 480 g/mol. The first-order valence-electron chi connectivity index (χ1n) is 10.5. The standard InChI is InChI=1S/C22H21N7O2S2/c23-6-4-20(16-2-1-3-18(12-16)33(30,31)28-8-10-32-11-9-28)29-14-17(13-27-29)21-19-5-7-24-22(19)26-15-25-21/h1-3,5,7,12-15,20H,4,8-11H2,(H,24,25,26). The Bertz CT molecular complexity index is 1430. The van der Waals surface area contributed by atoms with Crippen LogP contribution in [-0.2, 0) is 10.0 Å². The second-order valence-corrected chi connectivity index (χ2v) is 10.8. The van der Waals surface area contributed by atoms with Crippen molar-refractivity contribution in [2.45, 2.75) is 17.4 Å². The van der Waals surface area contributed by atoms with Crippen LogP contribution >= 0.6 is 11.8 Å². The summed E-state index contributed by atoms with van der Waals surface area (Å²) < 4.78 is 29.5. The molecule has 33 heavy (non-hydrogen) atoms. The Kier molecular flexibility index (Phi) is 5.88. The van der Waals surface area contributed by atoms with Crippen LogP contribution in [0.1, 0.15) is 18.0 Å². The molecular formula is C22H21N7O2S2. The van der Waals surface area contributed by atoms with Crippen molar-refractivity contribution in [2.24, 2.45) is 0 Å². The van der Waals surface area contributed by atoms with Gasteiger partial charge in [0.2, 0.25) is 10.0 Å². The minimum Gasteiger partial charge on any atom is -0.346 e. The average Bonchev–Trinajstić information content (AvgIpc) is 3.53. The van der Waals surface area contributed by atoms with Gasteiger partial charge in [0.1, 0.15) is 12.0 Å². The molecule has 1 N–H and O–H groups in total. The van der Waals surface area contributed by atoms with Crippen molar-refractivity contribution in [1.29, 1.82) is 5.26 Å². The molecule has 4 heterocycles. The number of fused-ring (bicyclic) bond motifs is 1. The van der Waals surface area contributed by atoms with Crippen LogP contribution in [0, 0.1) is 11.3 Å². The molecule has 0 aliphatic carbocycles. The Morgan fingerprint density at radius 3 is 2.88 bits per heavy atom. The van der Waals surface area contributed by atoms with Crippen LogP contribution in [0.5, 0.6) is 0 Å². The van der Waals surface area contributed by atoms with Crippen molar-refractivity contribution in [3.05, 3.63) is 60.8 Å². The smallest absolute Gasteiger partial charge is 0.243 e. The van der Waals surface area contributed by atoms with E-state index in [0.29, 0.717) is 18.7 Å². The molecule has 1 atom stereocenters. The van der Waals surface area contributed by atoms with E-state index in [1.54, 1.807) is 47.0 Å². The third kappa shape index (κ3) is 4.13. The molecule has 0 amide bonds. The lowest BCUT2D eigenvalue weighted by atomic mass is 10.0. The number of aromatic nitrogens is 5. The van der Waals surface area contributed by atoms with E-state index in [0.717, 1.165) is 33.8 Å². The molecule has 0 radical (unpaired) electrons. The number of rotatable bonds is 6. The largest absolute Gasteiger partial charge is 0.346 e. The van der Waals surface area contributed by atoms with E-state index in [1.165, 1.54) is 10.6 Å². The van der Waals surface area contributed by atoms with Crippen LogP contribution in [0.4, 0.5) is 0 Å². The van der Waals surface area contributed by atoms with Gasteiger partial charge in [-0.3, -0.25) is 4.68 Å². The number of H-pyrrole nitrogens is 1. The number of nitrogens with zero attached hydrogens (tertiary/aromatic N) is 6. The summed E-state index contributed by atoms with van der Waals surface area (Å²) >= 11 is 1.76. The van der Waals surface area contributed by atoms with Gasteiger partial charge in [-0.15, -0.1) is 0 Å². The van der Waals surface area contributed by atoms with E-state index in [9.17, 15) is 13.7 Å². The van der Waals surface area contributed by atoms with Gasteiger partial charge in [-0.25, -0.2) is 18.4 Å². The summed E-state index contributed by atoms with van der Waals surface area (Å²) in [6, 6.07) is 10.5. The van der Waals surface area contributed by atoms with Gasteiger partial charge in [0.25, 0.3) is 0 Å². The Morgan fingerprint density at radius 1 is 1.21 bits per heavy atom. The number of hydrogen-bond acceptors (Lipinski definition) is 7. The fraction of sp³-hybridized carbons (Fsp3) is 0.273. The van der Waals surface area contributed by atoms with Crippen molar-refractivity contribution in [1.82, 2.24) is 29.0 Å². The van der Waals surface area contributed by atoms with Gasteiger partial charge in [0.05, 0.1) is 35.3 Å². The van der Waals surface area contributed by atoms with Gasteiger partial charge >= 0.3 is 0 Å². The maximum absolute atomic E-state index is 13.2. The number of nitriles is 1. The molecule has 4 aromatic rings. The van der Waals surface area contributed by atoms with Crippen molar-refractivity contribution in [3.63, 3.8) is 0 Å². The molecule has 9 nitrogen and oxygen atoms in total. The van der Waals surface area contributed by atoms with Gasteiger partial charge in [0.15, 0.2) is 0 Å². The van der Waals surface area contributed by atoms with Crippen molar-refractivity contribution in [3.8, 4) is 17.3 Å². The number of hydrogen-bond donors (Lipinski definition) is 1. The van der Waals surface area contributed by atoms with Crippen LogP contribution in [0.15, 0.2) is 60.1 Å². The molecule has 5 rings (SSSR count). The molecule has 1 aliphatic rings. The van der Waals surface area contributed by atoms with Crippen molar-refractivity contribution >= 4 is 32.8 Å². The topological polar surface area (TPSA) is 121 Å². The van der Waals surface area contributed by atoms with E-state index < -0.39 is 16.1 Å². The molecule has 0 spiro atoms. The zero-order chi connectivity index (χ0) is 22.8. The Labute approximate surface area is 195 Å². The summed E-state index contributed by atoms with van der Waals surface area (Å²) in [5.74, 6) is 1.59. The van der Waals surface area contributed by atoms with E-state index in [2.05, 4.69) is 26.1 Å². The number of thioether (sulfide) groups is 1. The van der Waals surface area contributed by atoms with Crippen molar-refractivity contribution in [2.75, 3.05) is 24.6 Å². The molecule has 168 valence electrons. The molecule has 1 fully saturated rings. The predicted octanol–water partition coefficient (Wildman–Crippen LogP) is 3.06. The Hall–Kier alpha value is -3.20. The highest BCUT2D eigenvalue weighted by Gasteiger charge is 2.27. The summed E-state index contributed by atoms with van der Waals surface area (Å²) in [5.41, 5.74) is 2.98. The zero-order valence-corrected chi connectivity index (χ0v) is 19.3. The first-order chi connectivity index (χ1) is 16.1. The minimum atomic E-state index is -3.58. The Morgan fingerprint density at radius 2 is 2.06 bits per heavy atom. The van der Waals surface area contributed by atoms with Crippen LogP contribution in [0.3, 0.4) is 0 Å². The molecule has 1 aromatic carbocycles. The van der Waals surface area contributed by atoms with Gasteiger partial charge in [-0.05, 0) is 23.8 Å². The molecule has 11 heteroatoms. The van der Waals surface area contributed by atoms with Crippen LogP contribution in [0.2, 0.25) is 0 Å². The lowest BCUT2D eigenvalue weighted by Crippen LogP contribution is -2.37. The normalized spacial score (nSPS) is 16.0. The summed E-state index contributed by atoms with van der Waals surface area (Å²) in [4.78, 5) is 11.9. The third-order valence-electron chi connectivity index (χ3n) is 5.68. The predicted molar refractivity (Wildman–Crippen MR) is 126 cm³/mol. The lowest BCUT2D eigenvalue weighted by Gasteiger charge is -2.26. The van der Waals surface area contributed by atoms with E-state index >= 15 is 0 Å². The van der Waals surface area contributed by atoms with Crippen LogP contribution in [-0.4, -0.2) is 62.1 Å². The first-order valence-corrected chi connectivity index (χ1v) is 13.0. The summed E-state index contributed by atoms with van der Waals surface area (Å²) in [5, 5.41) is 14.9. The maximum Gasteiger partial charge on any atom is 0.243 e. The highest BCUT2D eigenvalue weighted by Crippen LogP contribution is 2.29. The highest BCUT2D eigenvalue weighted by atomic mass is 32.2. The molecule has 1 aliphatic heterocycles. The van der Waals surface area contributed by atoms with Gasteiger partial charge in [-0.1, -0.05) is 12.1 Å². The number of aromatic amines is 1. The van der Waals surface area contributed by atoms with Gasteiger partial charge < -0.3 is 4.98 Å². The fourth-order valence-electron chi connectivity index (χ4n) is 4.00. The third-order valence-corrected chi connectivity index (χ3v) is 8.52. The summed E-state index contributed by atoms with van der Waals surface area (Å²) in [6.45, 7) is 1.02. The van der Waals surface area contributed by atoms with E-state index in [4.69, 9.17) is 0 Å². The Balaban J connectivity index is 1.50. The highest BCUT2D eigenvalue weighted by molar-refractivity contribution is 7.99. The van der Waals surface area contributed by atoms with E-state index in [-0.39, 0.29) is 11.3 Å². The molecule has 0 bridgehead atoms. The quantitative estimate of drug-likeness (QED) is 0.451. The second-order valence-electron chi connectivity index (χ2n) is 7.64. The zero-order valence-electron chi connectivity index (χ0n) is 17.6. The molecule has 3 aromatic heterocycles. The summed E-state index contributed by atoms with van der Waals surface area (Å²) in [6.07, 6.45) is 6.98. The van der Waals surface area contributed by atoms with Gasteiger partial charge in [0, 0.05) is 47.9 Å². The fourth-order valence-corrected chi connectivity index (χ4v) is 6.63. The monoisotopic (exact) mass is 479 g/mol. The molecule has 1 unspecified atom stereocenters. The van der Waals surface area contributed by atoms with Crippen LogP contribution < -0.4 is 0 Å². The molecular weight excluding hydrogens is 458 g/mol. The maximum atomic E-state index is 13.2. The molecule has 1 saturated heterocycles. The van der Waals surface area contributed by atoms with E-state index in [1.807, 2.05) is 18.3 Å². The van der Waals surface area contributed by atoms with Crippen LogP contribution in [0.25, 0.3) is 22.3 Å². The first kappa shape index (κ1) is 21.6. The van der Waals surface area contributed by atoms with Gasteiger partial charge in [-0.2, -0.15) is 26.4 Å². The lowest BCUT2D eigenvalue weighted by molar-refractivity contribution is 0.443. The number of sulfonamides is 1. The number of nitrogens with one attached hydrogen (secondary N) is 1. The summed E-state index contributed by atoms with van der Waals surface area (Å²) in [7, 11) is -3.58.